The monoisotopic (exact) mass is 413 g/mol. The van der Waals surface area contributed by atoms with Gasteiger partial charge in [-0.15, -0.1) is 0 Å². The molecule has 1 aliphatic heterocycles. The van der Waals surface area contributed by atoms with Gasteiger partial charge in [-0.25, -0.2) is 4.79 Å². The second-order valence-electron chi connectivity index (χ2n) is 9.48. The summed E-state index contributed by atoms with van der Waals surface area (Å²) in [5.74, 6) is 0. The maximum Gasteiger partial charge on any atom is 0.410 e. The van der Waals surface area contributed by atoms with Crippen molar-refractivity contribution < 1.29 is 9.53 Å². The highest BCUT2D eigenvalue weighted by Gasteiger charge is 2.26. The quantitative estimate of drug-likeness (QED) is 0.456. The van der Waals surface area contributed by atoms with Crippen LogP contribution in [-0.4, -0.2) is 23.1 Å². The van der Waals surface area contributed by atoms with Gasteiger partial charge in [0, 0.05) is 13.1 Å². The van der Waals surface area contributed by atoms with Gasteiger partial charge >= 0.3 is 6.09 Å². The number of carbonyl (C=O) groups excluding carboxylic acids is 1. The normalized spacial score (nSPS) is 13.6. The Kier molecular flexibility index (Phi) is 5.62. The van der Waals surface area contributed by atoms with Crippen LogP contribution in [0.25, 0.3) is 22.3 Å². The van der Waals surface area contributed by atoms with Gasteiger partial charge in [-0.3, -0.25) is 0 Å². The molecule has 0 spiro atoms. The van der Waals surface area contributed by atoms with Crippen LogP contribution in [0.4, 0.5) is 4.79 Å². The number of rotatable bonds is 2. The predicted octanol–water partition coefficient (Wildman–Crippen LogP) is 6.93. The minimum atomic E-state index is -0.471. The van der Waals surface area contributed by atoms with E-state index in [1.165, 1.54) is 44.5 Å². The van der Waals surface area contributed by atoms with Crippen LogP contribution < -0.4 is 0 Å². The minimum absolute atomic E-state index is 0.232. The maximum atomic E-state index is 12.5. The van der Waals surface area contributed by atoms with Crippen molar-refractivity contribution in [2.75, 3.05) is 6.54 Å². The Bertz CT molecular complexity index is 1120. The van der Waals surface area contributed by atoms with Gasteiger partial charge in [-0.2, -0.15) is 0 Å². The van der Waals surface area contributed by atoms with Crippen molar-refractivity contribution in [1.82, 2.24) is 4.90 Å². The number of hydrogen-bond acceptors (Lipinski definition) is 2. The molecule has 1 aliphatic rings. The third-order valence-electron chi connectivity index (χ3n) is 5.84. The molecule has 0 saturated carbocycles. The van der Waals surface area contributed by atoms with E-state index in [2.05, 4.69) is 74.5 Å². The summed E-state index contributed by atoms with van der Waals surface area (Å²) in [7, 11) is 0. The Balaban J connectivity index is 1.61. The first-order chi connectivity index (χ1) is 14.7. The van der Waals surface area contributed by atoms with E-state index >= 15 is 0 Å². The number of fused-ring (bicyclic) bond motifs is 1. The first-order valence-electron chi connectivity index (χ1n) is 11.0. The van der Waals surface area contributed by atoms with Crippen molar-refractivity contribution in [2.45, 2.75) is 53.2 Å². The average molecular weight is 414 g/mol. The summed E-state index contributed by atoms with van der Waals surface area (Å²) in [5, 5.41) is 0. The maximum absolute atomic E-state index is 12.5. The van der Waals surface area contributed by atoms with Gasteiger partial charge in [0.1, 0.15) is 5.60 Å². The predicted molar refractivity (Wildman–Crippen MR) is 127 cm³/mol. The fourth-order valence-corrected chi connectivity index (χ4v) is 4.28. The lowest BCUT2D eigenvalue weighted by atomic mass is 9.89. The molecule has 160 valence electrons. The highest BCUT2D eigenvalue weighted by Crippen LogP contribution is 2.34. The molecule has 0 aromatic heterocycles. The number of nitrogens with zero attached hydrogens (tertiary/aromatic N) is 1. The van der Waals surface area contributed by atoms with Gasteiger partial charge in [0.15, 0.2) is 0 Å². The van der Waals surface area contributed by atoms with Crippen LogP contribution in [0.1, 0.15) is 43.0 Å². The van der Waals surface area contributed by atoms with Gasteiger partial charge in [-0.05, 0) is 80.0 Å². The molecule has 0 bridgehead atoms. The van der Waals surface area contributed by atoms with Gasteiger partial charge in [0.05, 0.1) is 0 Å². The van der Waals surface area contributed by atoms with E-state index in [9.17, 15) is 4.79 Å². The molecular weight excluding hydrogens is 382 g/mol. The molecule has 0 fully saturated rings. The summed E-state index contributed by atoms with van der Waals surface area (Å²) < 4.78 is 5.55. The van der Waals surface area contributed by atoms with Crippen molar-refractivity contribution in [3.05, 3.63) is 82.9 Å². The average Bonchev–Trinajstić information content (AvgIpc) is 2.72. The molecule has 0 radical (unpaired) electrons. The van der Waals surface area contributed by atoms with E-state index in [-0.39, 0.29) is 6.09 Å². The lowest BCUT2D eigenvalue weighted by Crippen LogP contribution is -2.39. The fourth-order valence-electron chi connectivity index (χ4n) is 4.28. The van der Waals surface area contributed by atoms with Gasteiger partial charge in [0.2, 0.25) is 0 Å². The zero-order valence-electron chi connectivity index (χ0n) is 19.2. The van der Waals surface area contributed by atoms with E-state index in [4.69, 9.17) is 4.74 Å². The number of carbonyl (C=O) groups is 1. The summed E-state index contributed by atoms with van der Waals surface area (Å²) in [5.41, 5.74) is 9.63. The third kappa shape index (κ3) is 4.66. The van der Waals surface area contributed by atoms with Crippen molar-refractivity contribution in [2.24, 2.45) is 0 Å². The Labute approximate surface area is 185 Å². The fraction of sp³-hybridized carbons (Fsp3) is 0.321. The molecule has 1 heterocycles. The highest BCUT2D eigenvalue weighted by molar-refractivity contribution is 5.79. The first kappa shape index (κ1) is 21.2. The van der Waals surface area contributed by atoms with E-state index in [0.717, 1.165) is 6.42 Å². The molecule has 3 aromatic carbocycles. The van der Waals surface area contributed by atoms with Crippen LogP contribution in [0.3, 0.4) is 0 Å². The molecule has 0 N–H and O–H groups in total. The van der Waals surface area contributed by atoms with Crippen molar-refractivity contribution >= 4 is 6.09 Å². The van der Waals surface area contributed by atoms with Crippen LogP contribution in [-0.2, 0) is 17.7 Å². The summed E-state index contributed by atoms with van der Waals surface area (Å²) >= 11 is 0. The van der Waals surface area contributed by atoms with Gasteiger partial charge in [-0.1, -0.05) is 66.2 Å². The number of ether oxygens (including phenoxy) is 1. The topological polar surface area (TPSA) is 29.5 Å². The summed E-state index contributed by atoms with van der Waals surface area (Å²) in [6.07, 6.45) is 0.614. The van der Waals surface area contributed by atoms with Crippen LogP contribution in [0, 0.1) is 13.8 Å². The molecule has 0 atom stereocenters. The van der Waals surface area contributed by atoms with Crippen molar-refractivity contribution in [3.63, 3.8) is 0 Å². The van der Waals surface area contributed by atoms with Crippen molar-refractivity contribution in [3.8, 4) is 22.3 Å². The molecular formula is C28H31NO2. The van der Waals surface area contributed by atoms with Crippen LogP contribution in [0.5, 0.6) is 0 Å². The van der Waals surface area contributed by atoms with E-state index < -0.39 is 5.60 Å². The Morgan fingerprint density at radius 1 is 0.871 bits per heavy atom. The molecule has 3 aromatic rings. The molecule has 0 saturated heterocycles. The summed E-state index contributed by atoms with van der Waals surface area (Å²) in [4.78, 5) is 14.3. The van der Waals surface area contributed by atoms with E-state index in [1.54, 1.807) is 4.90 Å². The standard InChI is InChI=1S/C28H31NO2/c1-19-8-6-9-22(16-19)25-10-7-11-26(20(25)2)23-12-13-24-18-29(15-14-21(24)17-23)27(30)31-28(3,4)5/h6-13,16-17H,14-15,18H2,1-5H3. The number of amides is 1. The highest BCUT2D eigenvalue weighted by atomic mass is 16.6. The summed E-state index contributed by atoms with van der Waals surface area (Å²) in [6, 6.07) is 21.9. The Morgan fingerprint density at radius 2 is 1.55 bits per heavy atom. The second-order valence-corrected chi connectivity index (χ2v) is 9.48. The molecule has 3 nitrogen and oxygen atoms in total. The first-order valence-corrected chi connectivity index (χ1v) is 11.0. The van der Waals surface area contributed by atoms with Crippen molar-refractivity contribution in [1.29, 1.82) is 0 Å². The molecule has 1 amide bonds. The molecule has 0 aliphatic carbocycles. The molecule has 0 unspecified atom stereocenters. The lowest BCUT2D eigenvalue weighted by molar-refractivity contribution is 0.0224. The minimum Gasteiger partial charge on any atom is -0.444 e. The third-order valence-corrected chi connectivity index (χ3v) is 5.84. The Hall–Kier alpha value is -3.07. The molecule has 31 heavy (non-hydrogen) atoms. The largest absolute Gasteiger partial charge is 0.444 e. The molecule has 4 rings (SSSR count). The molecule has 3 heteroatoms. The van der Waals surface area contributed by atoms with Gasteiger partial charge in [0.25, 0.3) is 0 Å². The lowest BCUT2D eigenvalue weighted by Gasteiger charge is -2.31. The second kappa shape index (κ2) is 8.22. The number of aryl methyl sites for hydroxylation is 1. The van der Waals surface area contributed by atoms with Gasteiger partial charge < -0.3 is 9.64 Å². The number of benzene rings is 3. The SMILES string of the molecule is Cc1cccc(-c2cccc(-c3ccc4c(c3)CCN(C(=O)OC(C)(C)C)C4)c2C)c1. The Morgan fingerprint density at radius 3 is 2.23 bits per heavy atom. The van der Waals surface area contributed by atoms with Crippen LogP contribution >= 0.6 is 0 Å². The number of hydrogen-bond donors (Lipinski definition) is 0. The van der Waals surface area contributed by atoms with Crippen LogP contribution in [0.15, 0.2) is 60.7 Å². The smallest absolute Gasteiger partial charge is 0.410 e. The zero-order valence-corrected chi connectivity index (χ0v) is 19.2. The van der Waals surface area contributed by atoms with E-state index in [1.807, 2.05) is 20.8 Å². The zero-order chi connectivity index (χ0) is 22.2. The summed E-state index contributed by atoms with van der Waals surface area (Å²) in [6.45, 7) is 11.3. The van der Waals surface area contributed by atoms with E-state index in [0.29, 0.717) is 13.1 Å². The van der Waals surface area contributed by atoms with Crippen LogP contribution in [0.2, 0.25) is 0 Å².